The number of aliphatic carboxylic acids is 1. The second-order valence-electron chi connectivity index (χ2n) is 5.61. The van der Waals surface area contributed by atoms with E-state index < -0.39 is 23.3 Å². The molecule has 0 bridgehead atoms. The average molecular weight is 367 g/mol. The van der Waals surface area contributed by atoms with Gasteiger partial charge < -0.3 is 25.2 Å². The number of carboxylic acid groups (broad SMARTS) is 1. The number of nitrogens with two attached hydrogens (primary N) is 1. The Morgan fingerprint density at radius 3 is 2.38 bits per heavy atom. The molecule has 144 valence electrons. The number of ketones is 1. The first-order valence-corrected chi connectivity index (χ1v) is 8.09. The van der Waals surface area contributed by atoms with Crippen LogP contribution < -0.4 is 21.1 Å². The second kappa shape index (κ2) is 10.4. The number of nitrogens with one attached hydrogen (secondary N) is 2. The Kier molecular flexibility index (Phi) is 8.53. The van der Waals surface area contributed by atoms with E-state index in [-0.39, 0.29) is 19.6 Å². The molecule has 1 aromatic carbocycles. The summed E-state index contributed by atoms with van der Waals surface area (Å²) in [4.78, 5) is 34.6. The zero-order chi connectivity index (χ0) is 19.6. The standard InChI is InChI=1S/C17H25N3O6/c1-12(21)17(18,16(24)19-9-11-25-2)20-13-5-7-14(8-6-13)26-10-3-4-15(22)23/h5-8,20H,3-4,9-11,18H2,1-2H3,(H,19,24)(H,22,23). The molecule has 1 aromatic rings. The van der Waals surface area contributed by atoms with Crippen molar-refractivity contribution in [2.24, 2.45) is 5.73 Å². The molecule has 0 aliphatic carbocycles. The summed E-state index contributed by atoms with van der Waals surface area (Å²) in [6.45, 7) is 2.03. The van der Waals surface area contributed by atoms with Crippen molar-refractivity contribution >= 4 is 23.3 Å². The summed E-state index contributed by atoms with van der Waals surface area (Å²) in [7, 11) is 1.50. The maximum absolute atomic E-state index is 12.2. The van der Waals surface area contributed by atoms with Crippen LogP contribution in [0.25, 0.3) is 0 Å². The van der Waals surface area contributed by atoms with Gasteiger partial charge in [0, 0.05) is 25.8 Å². The number of Topliss-reactive ketones (excluding diaryl/α,β-unsaturated/α-hetero) is 1. The number of hydrogen-bond acceptors (Lipinski definition) is 7. The van der Waals surface area contributed by atoms with Crippen LogP contribution in [0.3, 0.4) is 0 Å². The highest BCUT2D eigenvalue weighted by molar-refractivity contribution is 6.11. The second-order valence-corrected chi connectivity index (χ2v) is 5.61. The van der Waals surface area contributed by atoms with Crippen molar-refractivity contribution in [3.8, 4) is 5.75 Å². The number of carbonyl (C=O) groups excluding carboxylic acids is 2. The number of methoxy groups -OCH3 is 1. The summed E-state index contributed by atoms with van der Waals surface area (Å²) in [6, 6.07) is 6.48. The third-order valence-electron chi connectivity index (χ3n) is 3.50. The van der Waals surface area contributed by atoms with Gasteiger partial charge in [-0.2, -0.15) is 0 Å². The first-order chi connectivity index (χ1) is 12.3. The number of amides is 1. The predicted octanol–water partition coefficient (Wildman–Crippen LogP) is 0.349. The van der Waals surface area contributed by atoms with Gasteiger partial charge in [-0.1, -0.05) is 0 Å². The van der Waals surface area contributed by atoms with E-state index in [1.807, 2.05) is 0 Å². The van der Waals surface area contributed by atoms with E-state index in [9.17, 15) is 14.4 Å². The zero-order valence-corrected chi connectivity index (χ0v) is 14.9. The summed E-state index contributed by atoms with van der Waals surface area (Å²) in [6.07, 6.45) is 0.430. The van der Waals surface area contributed by atoms with Crippen LogP contribution in [-0.4, -0.2) is 55.3 Å². The lowest BCUT2D eigenvalue weighted by atomic mass is 10.1. The van der Waals surface area contributed by atoms with Gasteiger partial charge in [-0.25, -0.2) is 0 Å². The maximum Gasteiger partial charge on any atom is 0.303 e. The monoisotopic (exact) mass is 367 g/mol. The third-order valence-corrected chi connectivity index (χ3v) is 3.50. The van der Waals surface area contributed by atoms with E-state index >= 15 is 0 Å². The molecule has 9 heteroatoms. The molecule has 0 spiro atoms. The number of rotatable bonds is 12. The number of hydrogen-bond donors (Lipinski definition) is 4. The lowest BCUT2D eigenvalue weighted by Crippen LogP contribution is -2.64. The SMILES string of the molecule is COCCNC(=O)C(N)(Nc1ccc(OCCCC(=O)O)cc1)C(C)=O. The molecule has 0 heterocycles. The summed E-state index contributed by atoms with van der Waals surface area (Å²) in [5, 5.41) is 13.8. The largest absolute Gasteiger partial charge is 0.494 e. The van der Waals surface area contributed by atoms with Crippen LogP contribution in [0.5, 0.6) is 5.75 Å². The van der Waals surface area contributed by atoms with Crippen molar-refractivity contribution in [1.29, 1.82) is 0 Å². The van der Waals surface area contributed by atoms with E-state index in [1.54, 1.807) is 24.3 Å². The van der Waals surface area contributed by atoms with Gasteiger partial charge in [0.05, 0.1) is 13.2 Å². The van der Waals surface area contributed by atoms with Crippen molar-refractivity contribution in [3.63, 3.8) is 0 Å². The molecular formula is C17H25N3O6. The van der Waals surface area contributed by atoms with Crippen molar-refractivity contribution in [2.75, 3.05) is 32.2 Å². The van der Waals surface area contributed by atoms with Gasteiger partial charge in [-0.3, -0.25) is 20.1 Å². The molecule has 0 radical (unpaired) electrons. The number of carboxylic acids is 1. The molecular weight excluding hydrogens is 342 g/mol. The summed E-state index contributed by atoms with van der Waals surface area (Å²) >= 11 is 0. The fourth-order valence-corrected chi connectivity index (χ4v) is 1.99. The molecule has 0 saturated heterocycles. The minimum absolute atomic E-state index is 0.0339. The van der Waals surface area contributed by atoms with Crippen molar-refractivity contribution in [2.45, 2.75) is 25.4 Å². The smallest absolute Gasteiger partial charge is 0.303 e. The first kappa shape index (κ1) is 21.4. The molecule has 1 unspecified atom stereocenters. The van der Waals surface area contributed by atoms with Crippen molar-refractivity contribution < 1.29 is 29.0 Å². The average Bonchev–Trinajstić information content (AvgIpc) is 2.59. The number of ether oxygens (including phenoxy) is 2. The highest BCUT2D eigenvalue weighted by atomic mass is 16.5. The van der Waals surface area contributed by atoms with Crippen LogP contribution in [0, 0.1) is 0 Å². The number of carbonyl (C=O) groups is 3. The molecule has 0 aromatic heterocycles. The van der Waals surface area contributed by atoms with Crippen LogP contribution in [0.15, 0.2) is 24.3 Å². The molecule has 1 atom stereocenters. The van der Waals surface area contributed by atoms with Gasteiger partial charge in [0.15, 0.2) is 5.78 Å². The Morgan fingerprint density at radius 1 is 1.19 bits per heavy atom. The third kappa shape index (κ3) is 6.69. The lowest BCUT2D eigenvalue weighted by Gasteiger charge is -2.27. The van der Waals surface area contributed by atoms with Gasteiger partial charge in [0.1, 0.15) is 5.75 Å². The van der Waals surface area contributed by atoms with Gasteiger partial charge in [-0.05, 0) is 37.6 Å². The zero-order valence-electron chi connectivity index (χ0n) is 14.9. The molecule has 0 saturated carbocycles. The maximum atomic E-state index is 12.2. The molecule has 1 rings (SSSR count). The predicted molar refractivity (Wildman–Crippen MR) is 94.9 cm³/mol. The number of anilines is 1. The van der Waals surface area contributed by atoms with E-state index in [0.29, 0.717) is 24.5 Å². The summed E-state index contributed by atoms with van der Waals surface area (Å²) < 4.78 is 10.3. The van der Waals surface area contributed by atoms with Gasteiger partial charge in [-0.15, -0.1) is 0 Å². The minimum Gasteiger partial charge on any atom is -0.494 e. The van der Waals surface area contributed by atoms with Crippen LogP contribution in [-0.2, 0) is 19.1 Å². The van der Waals surface area contributed by atoms with E-state index in [4.69, 9.17) is 20.3 Å². The Balaban J connectivity index is 2.67. The Bertz CT molecular complexity index is 619. The molecule has 9 nitrogen and oxygen atoms in total. The van der Waals surface area contributed by atoms with Crippen LogP contribution >= 0.6 is 0 Å². The fraction of sp³-hybridized carbons (Fsp3) is 0.471. The van der Waals surface area contributed by atoms with Crippen molar-refractivity contribution in [3.05, 3.63) is 24.3 Å². The Labute approximate surface area is 151 Å². The van der Waals surface area contributed by atoms with E-state index in [1.165, 1.54) is 14.0 Å². The fourth-order valence-electron chi connectivity index (χ4n) is 1.99. The van der Waals surface area contributed by atoms with Crippen LogP contribution in [0.1, 0.15) is 19.8 Å². The number of benzene rings is 1. The molecule has 0 fully saturated rings. The molecule has 1 amide bonds. The highest BCUT2D eigenvalue weighted by Crippen LogP contribution is 2.19. The quantitative estimate of drug-likeness (QED) is 0.236. The topological polar surface area (TPSA) is 140 Å². The highest BCUT2D eigenvalue weighted by Gasteiger charge is 2.39. The normalized spacial score (nSPS) is 12.7. The molecule has 5 N–H and O–H groups in total. The lowest BCUT2D eigenvalue weighted by molar-refractivity contribution is -0.137. The molecule has 0 aliphatic rings. The van der Waals surface area contributed by atoms with Gasteiger partial charge in [0.2, 0.25) is 5.66 Å². The summed E-state index contributed by atoms with van der Waals surface area (Å²) in [5.41, 5.74) is 4.52. The van der Waals surface area contributed by atoms with Crippen LogP contribution in [0.2, 0.25) is 0 Å². The summed E-state index contributed by atoms with van der Waals surface area (Å²) in [5.74, 6) is -1.53. The Hall–Kier alpha value is -2.65. The first-order valence-electron chi connectivity index (χ1n) is 8.09. The van der Waals surface area contributed by atoms with E-state index in [2.05, 4.69) is 10.6 Å². The van der Waals surface area contributed by atoms with Crippen molar-refractivity contribution in [1.82, 2.24) is 5.32 Å². The molecule has 26 heavy (non-hydrogen) atoms. The van der Waals surface area contributed by atoms with Crippen LogP contribution in [0.4, 0.5) is 5.69 Å². The molecule has 0 aliphatic heterocycles. The van der Waals surface area contributed by atoms with E-state index in [0.717, 1.165) is 0 Å². The van der Waals surface area contributed by atoms with Gasteiger partial charge >= 0.3 is 5.97 Å². The Morgan fingerprint density at radius 2 is 1.85 bits per heavy atom. The van der Waals surface area contributed by atoms with Gasteiger partial charge in [0.25, 0.3) is 5.91 Å². The minimum atomic E-state index is -1.91.